The van der Waals surface area contributed by atoms with E-state index >= 15 is 0 Å². The van der Waals surface area contributed by atoms with Crippen LogP contribution in [0.2, 0.25) is 10.0 Å². The lowest BCUT2D eigenvalue weighted by Gasteiger charge is -2.36. The van der Waals surface area contributed by atoms with E-state index in [2.05, 4.69) is 10.2 Å². The highest BCUT2D eigenvalue weighted by molar-refractivity contribution is 6.42. The van der Waals surface area contributed by atoms with E-state index in [0.717, 1.165) is 18.4 Å². The minimum Gasteiger partial charge on any atom is -0.490 e. The van der Waals surface area contributed by atoms with Crippen LogP contribution in [0.25, 0.3) is 0 Å². The maximum absolute atomic E-state index is 14.2. The van der Waals surface area contributed by atoms with Gasteiger partial charge in [0, 0.05) is 44.3 Å². The van der Waals surface area contributed by atoms with Gasteiger partial charge >= 0.3 is 6.18 Å². The summed E-state index contributed by atoms with van der Waals surface area (Å²) in [6.07, 6.45) is -4.65. The molecule has 0 radical (unpaired) electrons. The number of anilines is 1. The summed E-state index contributed by atoms with van der Waals surface area (Å²) >= 11 is 12.3. The molecule has 2 N–H and O–H groups in total. The van der Waals surface area contributed by atoms with E-state index in [1.807, 2.05) is 33.0 Å². The molecule has 46 heavy (non-hydrogen) atoms. The van der Waals surface area contributed by atoms with Crippen molar-refractivity contribution in [3.63, 3.8) is 0 Å². The Balaban J connectivity index is 1.88. The number of benzene rings is 2. The fourth-order valence-corrected chi connectivity index (χ4v) is 5.58. The Hall–Kier alpha value is -2.57. The van der Waals surface area contributed by atoms with Crippen LogP contribution in [0.4, 0.5) is 18.9 Å². The van der Waals surface area contributed by atoms with E-state index in [1.54, 1.807) is 24.0 Å². The van der Waals surface area contributed by atoms with Gasteiger partial charge in [0.1, 0.15) is 5.75 Å². The van der Waals surface area contributed by atoms with Gasteiger partial charge in [0.15, 0.2) is 0 Å². The number of alkyl halides is 3. The molecule has 0 aromatic heterocycles. The van der Waals surface area contributed by atoms with Crippen molar-refractivity contribution in [3.8, 4) is 5.75 Å². The number of rotatable bonds is 9. The van der Waals surface area contributed by atoms with Gasteiger partial charge in [0.25, 0.3) is 5.91 Å². The van der Waals surface area contributed by atoms with Gasteiger partial charge in [0.2, 0.25) is 5.91 Å². The Morgan fingerprint density at radius 2 is 1.89 bits per heavy atom. The molecule has 3 rings (SSSR count). The lowest BCUT2D eigenvalue weighted by molar-refractivity contribution is -0.142. The first kappa shape index (κ1) is 37.9. The van der Waals surface area contributed by atoms with Crippen LogP contribution in [-0.2, 0) is 16.1 Å². The Labute approximate surface area is 279 Å². The quantitative estimate of drug-likeness (QED) is 0.289. The molecular formula is C33H44Cl2F3N3O5. The molecule has 4 atom stereocenters. The highest BCUT2D eigenvalue weighted by atomic mass is 35.5. The van der Waals surface area contributed by atoms with Crippen molar-refractivity contribution in [3.05, 3.63) is 57.6 Å². The van der Waals surface area contributed by atoms with E-state index < -0.39 is 36.9 Å². The van der Waals surface area contributed by atoms with E-state index in [4.69, 9.17) is 32.7 Å². The maximum Gasteiger partial charge on any atom is 0.389 e. The van der Waals surface area contributed by atoms with Gasteiger partial charge in [-0.25, -0.2) is 0 Å². The predicted octanol–water partition coefficient (Wildman–Crippen LogP) is 7.20. The van der Waals surface area contributed by atoms with Crippen molar-refractivity contribution >= 4 is 40.7 Å². The summed E-state index contributed by atoms with van der Waals surface area (Å²) in [6, 6.07) is 9.40. The molecule has 2 aromatic carbocycles. The first-order valence-corrected chi connectivity index (χ1v) is 16.3. The van der Waals surface area contributed by atoms with Crippen LogP contribution in [0.3, 0.4) is 0 Å². The van der Waals surface area contributed by atoms with Crippen molar-refractivity contribution in [1.82, 2.24) is 9.80 Å². The number of hydrogen-bond acceptors (Lipinski definition) is 6. The monoisotopic (exact) mass is 689 g/mol. The van der Waals surface area contributed by atoms with Crippen LogP contribution in [-0.4, -0.2) is 84.5 Å². The number of ether oxygens (including phenoxy) is 2. The molecule has 0 saturated heterocycles. The molecule has 0 aliphatic carbocycles. The first-order chi connectivity index (χ1) is 21.7. The number of hydrogen-bond donors (Lipinski definition) is 2. The second kappa shape index (κ2) is 17.5. The molecule has 0 spiro atoms. The van der Waals surface area contributed by atoms with Crippen LogP contribution in [0.5, 0.6) is 5.75 Å². The standard InChI is InChI=1S/C33H44Cl2F3N3O5/c1-21-17-41(22(2)20-42)32(44)26-16-25(39-31(43)12-13-33(36,37)38)9-11-29(26)46-23(3)7-5-6-14-45-30(21)19-40(4)18-24-8-10-27(34)28(35)15-24/h8-11,15-16,21-23,30,42H,5-7,12-14,17-20H2,1-4H3,(H,39,43)/t21-,22+,23+,30+/m1/s1. The van der Waals surface area contributed by atoms with E-state index in [1.165, 1.54) is 12.1 Å². The molecule has 0 bridgehead atoms. The maximum atomic E-state index is 14.2. The zero-order valence-electron chi connectivity index (χ0n) is 26.7. The fraction of sp³-hybridized carbons (Fsp3) is 0.576. The second-order valence-corrected chi connectivity index (χ2v) is 12.9. The largest absolute Gasteiger partial charge is 0.490 e. The summed E-state index contributed by atoms with van der Waals surface area (Å²) in [5, 5.41) is 13.6. The molecule has 2 aromatic rings. The van der Waals surface area contributed by atoms with Crippen molar-refractivity contribution in [1.29, 1.82) is 0 Å². The van der Waals surface area contributed by atoms with E-state index in [-0.39, 0.29) is 42.5 Å². The van der Waals surface area contributed by atoms with Crippen LogP contribution in [0.15, 0.2) is 36.4 Å². The summed E-state index contributed by atoms with van der Waals surface area (Å²) in [5.41, 5.74) is 1.30. The highest BCUT2D eigenvalue weighted by Gasteiger charge is 2.31. The lowest BCUT2D eigenvalue weighted by Crippen LogP contribution is -2.47. The smallest absolute Gasteiger partial charge is 0.389 e. The molecule has 0 fully saturated rings. The number of nitrogens with zero attached hydrogens (tertiary/aromatic N) is 2. The van der Waals surface area contributed by atoms with Crippen LogP contribution < -0.4 is 10.1 Å². The first-order valence-electron chi connectivity index (χ1n) is 15.5. The Morgan fingerprint density at radius 3 is 2.57 bits per heavy atom. The van der Waals surface area contributed by atoms with Gasteiger partial charge < -0.3 is 24.8 Å². The third-order valence-electron chi connectivity index (χ3n) is 7.90. The number of aliphatic hydroxyl groups is 1. The highest BCUT2D eigenvalue weighted by Crippen LogP contribution is 2.29. The molecule has 1 heterocycles. The van der Waals surface area contributed by atoms with Gasteiger partial charge in [-0.15, -0.1) is 0 Å². The molecule has 1 aliphatic heterocycles. The van der Waals surface area contributed by atoms with Gasteiger partial charge in [-0.2, -0.15) is 13.2 Å². The number of amides is 2. The average molecular weight is 691 g/mol. The topological polar surface area (TPSA) is 91.3 Å². The summed E-state index contributed by atoms with van der Waals surface area (Å²) in [7, 11) is 1.98. The summed E-state index contributed by atoms with van der Waals surface area (Å²) in [6.45, 7) is 7.23. The van der Waals surface area contributed by atoms with Crippen molar-refractivity contribution in [2.45, 2.75) is 83.8 Å². The third kappa shape index (κ3) is 11.9. The normalized spacial score (nSPS) is 20.9. The molecule has 0 saturated carbocycles. The average Bonchev–Trinajstić information content (AvgIpc) is 2.99. The van der Waals surface area contributed by atoms with Crippen molar-refractivity contribution in [2.75, 3.05) is 38.7 Å². The number of carbonyl (C=O) groups excluding carboxylic acids is 2. The van der Waals surface area contributed by atoms with Gasteiger partial charge in [0.05, 0.1) is 46.9 Å². The molecular weight excluding hydrogens is 646 g/mol. The van der Waals surface area contributed by atoms with Crippen LogP contribution in [0.1, 0.15) is 68.8 Å². The molecule has 8 nitrogen and oxygen atoms in total. The Morgan fingerprint density at radius 1 is 1.15 bits per heavy atom. The van der Waals surface area contributed by atoms with Gasteiger partial charge in [-0.1, -0.05) is 36.2 Å². The number of carbonyl (C=O) groups is 2. The van der Waals surface area contributed by atoms with Gasteiger partial charge in [-0.3, -0.25) is 14.5 Å². The number of halogens is 5. The minimum absolute atomic E-state index is 0.138. The second-order valence-electron chi connectivity index (χ2n) is 12.1. The zero-order chi connectivity index (χ0) is 34.0. The molecule has 1 aliphatic rings. The number of fused-ring (bicyclic) bond motifs is 1. The van der Waals surface area contributed by atoms with E-state index in [0.29, 0.717) is 41.9 Å². The number of likely N-dealkylation sites (N-methyl/N-ethyl adjacent to an activating group) is 1. The van der Waals surface area contributed by atoms with Crippen molar-refractivity contribution < 1.29 is 37.3 Å². The number of nitrogens with one attached hydrogen (secondary N) is 1. The molecule has 0 unspecified atom stereocenters. The number of aliphatic hydroxyl groups excluding tert-OH is 1. The minimum atomic E-state index is -4.47. The lowest BCUT2D eigenvalue weighted by atomic mass is 10.0. The Bertz CT molecular complexity index is 1320. The third-order valence-corrected chi connectivity index (χ3v) is 8.64. The summed E-state index contributed by atoms with van der Waals surface area (Å²) in [4.78, 5) is 30.1. The van der Waals surface area contributed by atoms with Crippen LogP contribution in [0, 0.1) is 5.92 Å². The van der Waals surface area contributed by atoms with Crippen LogP contribution >= 0.6 is 23.2 Å². The van der Waals surface area contributed by atoms with Gasteiger partial charge in [-0.05, 0) is 76.1 Å². The summed E-state index contributed by atoms with van der Waals surface area (Å²) in [5.74, 6) is -1.13. The predicted molar refractivity (Wildman–Crippen MR) is 174 cm³/mol. The SMILES string of the molecule is C[C@@H]1CN([C@@H](C)CO)C(=O)c2cc(NC(=O)CCC(F)(F)F)ccc2O[C@@H](C)CCCCO[C@H]1CN(C)Cc1ccc(Cl)c(Cl)c1. The Kier molecular flexibility index (Phi) is 14.4. The zero-order valence-corrected chi connectivity index (χ0v) is 28.2. The molecule has 13 heteroatoms. The fourth-order valence-electron chi connectivity index (χ4n) is 5.26. The molecule has 2 amide bonds. The van der Waals surface area contributed by atoms with Crippen molar-refractivity contribution in [2.24, 2.45) is 5.92 Å². The summed E-state index contributed by atoms with van der Waals surface area (Å²) < 4.78 is 50.5. The van der Waals surface area contributed by atoms with E-state index in [9.17, 15) is 27.9 Å². The molecule has 256 valence electrons.